The van der Waals surface area contributed by atoms with E-state index in [0.717, 1.165) is 17.5 Å². The Labute approximate surface area is 196 Å². The van der Waals surface area contributed by atoms with Crippen LogP contribution in [-0.2, 0) is 4.79 Å². The van der Waals surface area contributed by atoms with Crippen LogP contribution in [0.3, 0.4) is 0 Å². The molecule has 0 bridgehead atoms. The number of nitrogens with one attached hydrogen (secondary N) is 2. The molecule has 9 nitrogen and oxygen atoms in total. The lowest BCUT2D eigenvalue weighted by Crippen LogP contribution is -2.15. The second-order valence-corrected chi connectivity index (χ2v) is 8.32. The Morgan fingerprint density at radius 1 is 1.21 bits per heavy atom. The third-order valence-electron chi connectivity index (χ3n) is 5.92. The molecule has 1 aliphatic carbocycles. The molecule has 5 rings (SSSR count). The van der Waals surface area contributed by atoms with E-state index in [9.17, 15) is 9.90 Å². The minimum absolute atomic E-state index is 0.0581. The molecule has 1 amide bonds. The molecular weight excluding hydrogens is 432 g/mol. The predicted octanol–water partition coefficient (Wildman–Crippen LogP) is 4.08. The van der Waals surface area contributed by atoms with Crippen LogP contribution in [0.15, 0.2) is 54.7 Å². The van der Waals surface area contributed by atoms with Crippen molar-refractivity contribution in [1.82, 2.24) is 25.6 Å². The first-order chi connectivity index (χ1) is 16.5. The van der Waals surface area contributed by atoms with Gasteiger partial charge in [-0.05, 0) is 60.7 Å². The van der Waals surface area contributed by atoms with Gasteiger partial charge in [-0.3, -0.25) is 4.79 Å². The Kier molecular flexibility index (Phi) is 5.67. The summed E-state index contributed by atoms with van der Waals surface area (Å²) in [5.74, 6) is 0.711. The number of carbonyl (C=O) groups excluding carboxylic acids is 1. The highest BCUT2D eigenvalue weighted by Crippen LogP contribution is 2.48. The van der Waals surface area contributed by atoms with Crippen LogP contribution < -0.4 is 10.1 Å². The number of benzene rings is 2. The van der Waals surface area contributed by atoms with E-state index in [2.05, 4.69) is 43.1 Å². The number of rotatable bonds is 7. The molecule has 0 spiro atoms. The number of anilines is 1. The highest BCUT2D eigenvalue weighted by Gasteiger charge is 2.44. The predicted molar refractivity (Wildman–Crippen MR) is 126 cm³/mol. The van der Waals surface area contributed by atoms with Gasteiger partial charge < -0.3 is 15.2 Å². The van der Waals surface area contributed by atoms with Crippen molar-refractivity contribution in [2.45, 2.75) is 26.2 Å². The number of aryl methyl sites for hydroxylation is 1. The molecule has 1 fully saturated rings. The number of aromatic nitrogens is 5. The van der Waals surface area contributed by atoms with Crippen molar-refractivity contribution in [3.8, 4) is 34.1 Å². The first-order valence-corrected chi connectivity index (χ1v) is 11.1. The second kappa shape index (κ2) is 8.93. The summed E-state index contributed by atoms with van der Waals surface area (Å²) in [6, 6.07) is 15.0. The number of hydrogen-bond donors (Lipinski definition) is 3. The Morgan fingerprint density at radius 2 is 2.09 bits per heavy atom. The lowest BCUT2D eigenvalue weighted by atomic mass is 9.99. The summed E-state index contributed by atoms with van der Waals surface area (Å²) in [7, 11) is 0. The first-order valence-electron chi connectivity index (χ1n) is 11.1. The van der Waals surface area contributed by atoms with Gasteiger partial charge in [0.25, 0.3) is 0 Å². The smallest absolute Gasteiger partial charge is 0.228 e. The largest absolute Gasteiger partial charge is 0.506 e. The number of aromatic amines is 1. The van der Waals surface area contributed by atoms with E-state index in [-0.39, 0.29) is 23.5 Å². The monoisotopic (exact) mass is 456 g/mol. The second-order valence-electron chi connectivity index (χ2n) is 8.32. The van der Waals surface area contributed by atoms with Crippen LogP contribution in [0.4, 0.5) is 5.69 Å². The number of ether oxygens (including phenoxy) is 1. The van der Waals surface area contributed by atoms with E-state index >= 15 is 0 Å². The van der Waals surface area contributed by atoms with Gasteiger partial charge in [0.15, 0.2) is 0 Å². The topological polar surface area (TPSA) is 126 Å². The lowest BCUT2D eigenvalue weighted by Gasteiger charge is -2.13. The van der Waals surface area contributed by atoms with Crippen molar-refractivity contribution in [1.29, 1.82) is 0 Å². The summed E-state index contributed by atoms with van der Waals surface area (Å²) in [6.07, 6.45) is 2.43. The molecule has 172 valence electrons. The van der Waals surface area contributed by atoms with E-state index in [1.807, 2.05) is 32.0 Å². The zero-order chi connectivity index (χ0) is 23.7. The van der Waals surface area contributed by atoms with Crippen LogP contribution in [0.25, 0.3) is 22.5 Å². The van der Waals surface area contributed by atoms with Gasteiger partial charge in [0.2, 0.25) is 17.6 Å². The molecule has 9 heteroatoms. The van der Waals surface area contributed by atoms with Crippen LogP contribution in [0.2, 0.25) is 0 Å². The number of phenolic OH excluding ortho intramolecular Hbond substituents is 1. The van der Waals surface area contributed by atoms with Crippen molar-refractivity contribution < 1.29 is 14.6 Å². The summed E-state index contributed by atoms with van der Waals surface area (Å²) in [5, 5.41) is 27.9. The zero-order valence-corrected chi connectivity index (χ0v) is 18.8. The molecule has 3 N–H and O–H groups in total. The molecule has 0 saturated heterocycles. The maximum Gasteiger partial charge on any atom is 0.228 e. The molecule has 2 aromatic heterocycles. The number of H-pyrrole nitrogens is 1. The van der Waals surface area contributed by atoms with Crippen LogP contribution in [0.5, 0.6) is 11.6 Å². The molecule has 1 saturated carbocycles. The number of tetrazole rings is 1. The summed E-state index contributed by atoms with van der Waals surface area (Å²) in [5.41, 5.74) is 4.61. The van der Waals surface area contributed by atoms with E-state index in [1.165, 1.54) is 5.56 Å². The normalized spacial score (nSPS) is 16.8. The number of aromatic hydroxyl groups is 1. The Hall–Kier alpha value is -4.27. The van der Waals surface area contributed by atoms with Crippen molar-refractivity contribution in [2.75, 3.05) is 11.9 Å². The quantitative estimate of drug-likeness (QED) is 0.358. The van der Waals surface area contributed by atoms with Gasteiger partial charge in [-0.2, -0.15) is 5.21 Å². The Morgan fingerprint density at radius 3 is 2.79 bits per heavy atom. The molecule has 4 aromatic rings. The van der Waals surface area contributed by atoms with Gasteiger partial charge in [-0.15, -0.1) is 10.2 Å². The molecule has 1 aliphatic rings. The van der Waals surface area contributed by atoms with Crippen molar-refractivity contribution in [2.24, 2.45) is 5.92 Å². The van der Waals surface area contributed by atoms with Gasteiger partial charge in [0.1, 0.15) is 5.75 Å². The fourth-order valence-electron chi connectivity index (χ4n) is 4.14. The summed E-state index contributed by atoms with van der Waals surface area (Å²) in [4.78, 5) is 17.3. The average molecular weight is 457 g/mol. The van der Waals surface area contributed by atoms with Gasteiger partial charge in [0.05, 0.1) is 12.3 Å². The van der Waals surface area contributed by atoms with Crippen molar-refractivity contribution in [3.63, 3.8) is 0 Å². The number of nitrogens with zero attached hydrogens (tertiary/aromatic N) is 4. The summed E-state index contributed by atoms with van der Waals surface area (Å²) < 4.78 is 5.41. The molecule has 2 heterocycles. The van der Waals surface area contributed by atoms with Crippen LogP contribution in [0, 0.1) is 12.8 Å². The molecule has 2 aromatic carbocycles. The number of phenols is 1. The van der Waals surface area contributed by atoms with Crippen LogP contribution in [0.1, 0.15) is 30.4 Å². The van der Waals surface area contributed by atoms with Gasteiger partial charge in [0, 0.05) is 29.3 Å². The highest BCUT2D eigenvalue weighted by atomic mass is 16.5. The number of hydrogen-bond acceptors (Lipinski definition) is 7. The molecule has 34 heavy (non-hydrogen) atoms. The molecular formula is C25H24N6O3. The molecule has 2 atom stereocenters. The Balaban J connectivity index is 1.42. The van der Waals surface area contributed by atoms with E-state index in [4.69, 9.17) is 4.74 Å². The maximum absolute atomic E-state index is 13.0. The summed E-state index contributed by atoms with van der Waals surface area (Å²) in [6.45, 7) is 4.45. The number of pyridine rings is 1. The van der Waals surface area contributed by atoms with Gasteiger partial charge in [-0.1, -0.05) is 29.8 Å². The average Bonchev–Trinajstić information content (AvgIpc) is 3.46. The van der Waals surface area contributed by atoms with Crippen molar-refractivity contribution in [3.05, 3.63) is 65.9 Å². The van der Waals surface area contributed by atoms with E-state index in [1.54, 1.807) is 24.4 Å². The maximum atomic E-state index is 13.0. The van der Waals surface area contributed by atoms with Gasteiger partial charge >= 0.3 is 0 Å². The lowest BCUT2D eigenvalue weighted by molar-refractivity contribution is -0.117. The fraction of sp³-hybridized carbons (Fsp3) is 0.240. The third-order valence-corrected chi connectivity index (χ3v) is 5.92. The zero-order valence-electron chi connectivity index (χ0n) is 18.8. The first kappa shape index (κ1) is 21.6. The SMILES string of the molecule is CCOc1ccc(-c2cc(O)c(NC(=O)[C@@H]3C[C@H]3c3cccc(C)c3)cc2-c2nn[nH]n2)cn1. The minimum atomic E-state index is -0.134. The summed E-state index contributed by atoms with van der Waals surface area (Å²) >= 11 is 0. The fourth-order valence-corrected chi connectivity index (χ4v) is 4.14. The number of amides is 1. The van der Waals surface area contributed by atoms with Crippen molar-refractivity contribution >= 4 is 11.6 Å². The standard InChI is InChI=1S/C25H24N6O3/c1-3-34-23-8-7-16(13-26-23)18-12-22(32)21(11-19(18)24-28-30-31-29-24)27-25(33)20-10-17(20)15-6-4-5-14(2)9-15/h4-9,11-13,17,20,32H,3,10H2,1-2H3,(H,27,33)(H,28,29,30,31)/t17-,20+/m0/s1. The molecule has 0 aliphatic heterocycles. The Bertz CT molecular complexity index is 1320. The number of carbonyl (C=O) groups is 1. The van der Waals surface area contributed by atoms with E-state index in [0.29, 0.717) is 35.1 Å². The van der Waals surface area contributed by atoms with Gasteiger partial charge in [-0.25, -0.2) is 4.98 Å². The molecule has 0 unspecified atom stereocenters. The third kappa shape index (κ3) is 4.32. The highest BCUT2D eigenvalue weighted by molar-refractivity contribution is 5.98. The molecule has 0 radical (unpaired) electrons. The van der Waals surface area contributed by atoms with Crippen LogP contribution >= 0.6 is 0 Å². The van der Waals surface area contributed by atoms with E-state index < -0.39 is 0 Å². The minimum Gasteiger partial charge on any atom is -0.506 e. The van der Waals surface area contributed by atoms with Crippen LogP contribution in [-0.4, -0.2) is 43.2 Å².